The molecule has 1 atom stereocenters. The molecule has 0 aliphatic carbocycles. The highest BCUT2D eigenvalue weighted by molar-refractivity contribution is 5.30. The zero-order valence-electron chi connectivity index (χ0n) is 14.0. The van der Waals surface area contributed by atoms with Crippen molar-refractivity contribution < 1.29 is 4.74 Å². The number of hydrogen-bond donors (Lipinski definition) is 1. The molecule has 0 radical (unpaired) electrons. The SMILES string of the molecule is CCCNC(c1c(OC)cnn1CCC)C(C)(C)CC. The highest BCUT2D eigenvalue weighted by Crippen LogP contribution is 2.40. The van der Waals surface area contributed by atoms with Crippen LogP contribution < -0.4 is 10.1 Å². The van der Waals surface area contributed by atoms with E-state index < -0.39 is 0 Å². The van der Waals surface area contributed by atoms with Gasteiger partial charge in [-0.3, -0.25) is 4.68 Å². The van der Waals surface area contributed by atoms with Gasteiger partial charge in [0.1, 0.15) is 0 Å². The van der Waals surface area contributed by atoms with Gasteiger partial charge in [0.2, 0.25) is 0 Å². The molecule has 116 valence electrons. The maximum absolute atomic E-state index is 5.55. The van der Waals surface area contributed by atoms with Crippen LogP contribution >= 0.6 is 0 Å². The Morgan fingerprint density at radius 2 is 2.00 bits per heavy atom. The molecular formula is C16H31N3O. The summed E-state index contributed by atoms with van der Waals surface area (Å²) in [6.07, 6.45) is 5.15. The van der Waals surface area contributed by atoms with Gasteiger partial charge in [-0.2, -0.15) is 5.10 Å². The lowest BCUT2D eigenvalue weighted by Crippen LogP contribution is -2.36. The normalized spacial score (nSPS) is 13.5. The van der Waals surface area contributed by atoms with Crippen LogP contribution in [0.15, 0.2) is 6.20 Å². The number of hydrogen-bond acceptors (Lipinski definition) is 3. The van der Waals surface area contributed by atoms with Crippen molar-refractivity contribution in [2.24, 2.45) is 5.41 Å². The van der Waals surface area contributed by atoms with Crippen LogP contribution in [0.2, 0.25) is 0 Å². The summed E-state index contributed by atoms with van der Waals surface area (Å²) in [6.45, 7) is 13.2. The highest BCUT2D eigenvalue weighted by Gasteiger charge is 2.33. The van der Waals surface area contributed by atoms with E-state index in [1.807, 2.05) is 6.20 Å². The predicted octanol–water partition coefficient (Wildman–Crippen LogP) is 3.78. The van der Waals surface area contributed by atoms with E-state index in [2.05, 4.69) is 49.7 Å². The second-order valence-electron chi connectivity index (χ2n) is 6.05. The van der Waals surface area contributed by atoms with E-state index in [0.717, 1.165) is 38.1 Å². The summed E-state index contributed by atoms with van der Waals surface area (Å²) in [4.78, 5) is 0. The van der Waals surface area contributed by atoms with Crippen LogP contribution in [0.5, 0.6) is 5.75 Å². The van der Waals surface area contributed by atoms with Crippen molar-refractivity contribution in [2.75, 3.05) is 13.7 Å². The van der Waals surface area contributed by atoms with Crippen molar-refractivity contribution in [1.82, 2.24) is 15.1 Å². The largest absolute Gasteiger partial charge is 0.493 e. The van der Waals surface area contributed by atoms with Gasteiger partial charge in [-0.05, 0) is 31.2 Å². The average molecular weight is 281 g/mol. The molecule has 1 aromatic heterocycles. The Labute approximate surface area is 123 Å². The van der Waals surface area contributed by atoms with E-state index in [1.54, 1.807) is 7.11 Å². The van der Waals surface area contributed by atoms with Crippen LogP contribution in [0, 0.1) is 5.41 Å². The molecule has 4 heteroatoms. The lowest BCUT2D eigenvalue weighted by Gasteiger charge is -2.35. The summed E-state index contributed by atoms with van der Waals surface area (Å²) >= 11 is 0. The number of aromatic nitrogens is 2. The Hall–Kier alpha value is -1.03. The Bertz CT molecular complexity index is 398. The first kappa shape index (κ1) is 17.0. The third kappa shape index (κ3) is 3.75. The van der Waals surface area contributed by atoms with Gasteiger partial charge < -0.3 is 10.1 Å². The monoisotopic (exact) mass is 281 g/mol. The van der Waals surface area contributed by atoms with Crippen LogP contribution in [0.4, 0.5) is 0 Å². The zero-order chi connectivity index (χ0) is 15.2. The zero-order valence-corrected chi connectivity index (χ0v) is 14.0. The van der Waals surface area contributed by atoms with E-state index in [0.29, 0.717) is 0 Å². The fraction of sp³-hybridized carbons (Fsp3) is 0.812. The second kappa shape index (κ2) is 7.67. The molecule has 0 aliphatic heterocycles. The third-order valence-corrected chi connectivity index (χ3v) is 4.06. The first-order valence-electron chi connectivity index (χ1n) is 7.84. The summed E-state index contributed by atoms with van der Waals surface area (Å²) in [5.41, 5.74) is 1.35. The smallest absolute Gasteiger partial charge is 0.161 e. The fourth-order valence-corrected chi connectivity index (χ4v) is 2.45. The first-order chi connectivity index (χ1) is 9.51. The summed E-state index contributed by atoms with van der Waals surface area (Å²) in [5, 5.41) is 8.20. The molecular weight excluding hydrogens is 250 g/mol. The number of rotatable bonds is 9. The average Bonchev–Trinajstić information content (AvgIpc) is 2.82. The molecule has 0 saturated carbocycles. The van der Waals surface area contributed by atoms with Gasteiger partial charge in [-0.25, -0.2) is 0 Å². The lowest BCUT2D eigenvalue weighted by molar-refractivity contribution is 0.217. The van der Waals surface area contributed by atoms with E-state index in [-0.39, 0.29) is 11.5 Å². The number of aryl methyl sites for hydroxylation is 1. The number of ether oxygens (including phenoxy) is 1. The molecule has 0 amide bonds. The highest BCUT2D eigenvalue weighted by atomic mass is 16.5. The van der Waals surface area contributed by atoms with Gasteiger partial charge in [-0.15, -0.1) is 0 Å². The summed E-state index contributed by atoms with van der Waals surface area (Å²) in [7, 11) is 1.73. The summed E-state index contributed by atoms with van der Waals surface area (Å²) < 4.78 is 7.65. The molecule has 1 aromatic rings. The van der Waals surface area contributed by atoms with Crippen molar-refractivity contribution >= 4 is 0 Å². The van der Waals surface area contributed by atoms with Gasteiger partial charge in [0.05, 0.1) is 25.0 Å². The molecule has 0 aromatic carbocycles. The fourth-order valence-electron chi connectivity index (χ4n) is 2.45. The molecule has 0 aliphatic rings. The van der Waals surface area contributed by atoms with Crippen molar-refractivity contribution in [3.63, 3.8) is 0 Å². The molecule has 1 N–H and O–H groups in total. The maximum atomic E-state index is 5.55. The Morgan fingerprint density at radius 1 is 1.30 bits per heavy atom. The Kier molecular flexibility index (Phi) is 6.53. The number of nitrogens with zero attached hydrogens (tertiary/aromatic N) is 2. The van der Waals surface area contributed by atoms with Gasteiger partial charge >= 0.3 is 0 Å². The second-order valence-corrected chi connectivity index (χ2v) is 6.05. The van der Waals surface area contributed by atoms with E-state index >= 15 is 0 Å². The van der Waals surface area contributed by atoms with Crippen LogP contribution in [0.3, 0.4) is 0 Å². The quantitative estimate of drug-likeness (QED) is 0.748. The summed E-state index contributed by atoms with van der Waals surface area (Å²) in [5.74, 6) is 0.897. The van der Waals surface area contributed by atoms with E-state index in [1.165, 1.54) is 5.69 Å². The third-order valence-electron chi connectivity index (χ3n) is 4.06. The van der Waals surface area contributed by atoms with Crippen LogP contribution in [0.25, 0.3) is 0 Å². The molecule has 1 rings (SSSR count). The molecule has 1 unspecified atom stereocenters. The lowest BCUT2D eigenvalue weighted by atomic mass is 9.79. The minimum atomic E-state index is 0.161. The van der Waals surface area contributed by atoms with Gasteiger partial charge in [0.25, 0.3) is 0 Å². The van der Waals surface area contributed by atoms with Crippen LogP contribution in [0.1, 0.15) is 65.6 Å². The maximum Gasteiger partial charge on any atom is 0.161 e. The van der Waals surface area contributed by atoms with Crippen LogP contribution in [-0.4, -0.2) is 23.4 Å². The minimum absolute atomic E-state index is 0.161. The number of methoxy groups -OCH3 is 1. The number of nitrogens with one attached hydrogen (secondary N) is 1. The van der Waals surface area contributed by atoms with Crippen molar-refractivity contribution in [3.8, 4) is 5.75 Å². The van der Waals surface area contributed by atoms with Gasteiger partial charge in [0, 0.05) is 6.54 Å². The predicted molar refractivity (Wildman–Crippen MR) is 84.2 cm³/mol. The van der Waals surface area contributed by atoms with Crippen molar-refractivity contribution in [2.45, 2.75) is 66.5 Å². The van der Waals surface area contributed by atoms with Gasteiger partial charge in [-0.1, -0.05) is 34.6 Å². The van der Waals surface area contributed by atoms with E-state index in [9.17, 15) is 0 Å². The molecule has 0 spiro atoms. The standard InChI is InChI=1S/C16H31N3O/c1-7-10-17-15(16(4,5)9-3)14-13(20-6)12-18-19(14)11-8-2/h12,15,17H,7-11H2,1-6H3. The van der Waals surface area contributed by atoms with Crippen LogP contribution in [-0.2, 0) is 6.54 Å². The molecule has 4 nitrogen and oxygen atoms in total. The van der Waals surface area contributed by atoms with Gasteiger partial charge in [0.15, 0.2) is 5.75 Å². The Balaban J connectivity index is 3.20. The Morgan fingerprint density at radius 3 is 2.50 bits per heavy atom. The van der Waals surface area contributed by atoms with E-state index in [4.69, 9.17) is 4.74 Å². The molecule has 0 bridgehead atoms. The summed E-state index contributed by atoms with van der Waals surface area (Å²) in [6, 6.07) is 0.261. The molecule has 1 heterocycles. The first-order valence-corrected chi connectivity index (χ1v) is 7.84. The molecule has 20 heavy (non-hydrogen) atoms. The van der Waals surface area contributed by atoms with Crippen molar-refractivity contribution in [3.05, 3.63) is 11.9 Å². The molecule has 0 fully saturated rings. The topological polar surface area (TPSA) is 39.1 Å². The molecule has 0 saturated heterocycles. The minimum Gasteiger partial charge on any atom is -0.493 e. The van der Waals surface area contributed by atoms with Crippen molar-refractivity contribution in [1.29, 1.82) is 0 Å².